The van der Waals surface area contributed by atoms with E-state index in [1.54, 1.807) is 34.0 Å². The number of amides is 1. The molecule has 0 aliphatic carbocycles. The van der Waals surface area contributed by atoms with Gasteiger partial charge in [0.05, 0.1) is 35.3 Å². The molecule has 12 heteroatoms. The highest BCUT2D eigenvalue weighted by Crippen LogP contribution is 2.31. The number of hydrogen-bond donors (Lipinski definition) is 1. The highest BCUT2D eigenvalue weighted by molar-refractivity contribution is 7.90. The Labute approximate surface area is 207 Å². The molecular formula is C23H25ClN6O4S. The van der Waals surface area contributed by atoms with Crippen LogP contribution in [0, 0.1) is 0 Å². The van der Waals surface area contributed by atoms with E-state index in [1.165, 1.54) is 20.0 Å². The van der Waals surface area contributed by atoms with Crippen molar-refractivity contribution in [2.24, 2.45) is 0 Å². The summed E-state index contributed by atoms with van der Waals surface area (Å²) < 4.78 is 28.4. The quantitative estimate of drug-likeness (QED) is 0.432. The van der Waals surface area contributed by atoms with Crippen LogP contribution >= 0.6 is 11.6 Å². The van der Waals surface area contributed by atoms with E-state index < -0.39 is 15.4 Å². The molecule has 3 aromatic heterocycles. The minimum Gasteiger partial charge on any atom is -0.381 e. The van der Waals surface area contributed by atoms with Gasteiger partial charge >= 0.3 is 0 Å². The number of fused-ring (bicyclic) bond motifs is 2. The van der Waals surface area contributed by atoms with Crippen LogP contribution in [-0.4, -0.2) is 73.6 Å². The van der Waals surface area contributed by atoms with Crippen LogP contribution in [0.15, 0.2) is 41.7 Å². The lowest BCUT2D eigenvalue weighted by Gasteiger charge is -2.25. The van der Waals surface area contributed by atoms with E-state index in [-0.39, 0.29) is 23.5 Å². The zero-order chi connectivity index (χ0) is 25.1. The third-order valence-electron chi connectivity index (χ3n) is 6.23. The number of carbonyl (C=O) groups is 1. The van der Waals surface area contributed by atoms with E-state index in [9.17, 15) is 18.3 Å². The second-order valence-corrected chi connectivity index (χ2v) is 11.8. The van der Waals surface area contributed by atoms with Crippen LogP contribution in [0.2, 0.25) is 5.02 Å². The number of nitrogens with zero attached hydrogens (tertiary/aromatic N) is 6. The normalized spacial score (nSPS) is 17.1. The minimum absolute atomic E-state index is 0.0107. The van der Waals surface area contributed by atoms with Gasteiger partial charge in [0, 0.05) is 36.0 Å². The number of rotatable bonds is 5. The van der Waals surface area contributed by atoms with Crippen LogP contribution in [0.5, 0.6) is 0 Å². The first-order chi connectivity index (χ1) is 16.4. The summed E-state index contributed by atoms with van der Waals surface area (Å²) in [6.45, 7) is 4.09. The maximum Gasteiger partial charge on any atom is 0.254 e. The highest BCUT2D eigenvalue weighted by Gasteiger charge is 2.36. The molecule has 1 aliphatic heterocycles. The third-order valence-corrected chi connectivity index (χ3v) is 7.47. The molecule has 4 aromatic rings. The van der Waals surface area contributed by atoms with E-state index >= 15 is 0 Å². The monoisotopic (exact) mass is 516 g/mol. The lowest BCUT2D eigenvalue weighted by atomic mass is 10.1. The van der Waals surface area contributed by atoms with Crippen LogP contribution in [0.1, 0.15) is 32.1 Å². The van der Waals surface area contributed by atoms with Gasteiger partial charge in [-0.25, -0.2) is 13.4 Å². The molecule has 1 saturated heterocycles. The topological polar surface area (TPSA) is 123 Å². The molecule has 5 rings (SSSR count). The maximum absolute atomic E-state index is 12.7. The van der Waals surface area contributed by atoms with Crippen LogP contribution < -0.4 is 0 Å². The van der Waals surface area contributed by atoms with Crippen molar-refractivity contribution in [3.63, 3.8) is 0 Å². The van der Waals surface area contributed by atoms with Crippen molar-refractivity contribution >= 4 is 49.3 Å². The number of hydrogen-bond acceptors (Lipinski definition) is 7. The molecule has 35 heavy (non-hydrogen) atoms. The molecule has 0 bridgehead atoms. The summed E-state index contributed by atoms with van der Waals surface area (Å²) in [6.07, 6.45) is 4.93. The predicted molar refractivity (Wildman–Crippen MR) is 131 cm³/mol. The zero-order valence-electron chi connectivity index (χ0n) is 19.5. The number of aromatic nitrogens is 5. The third kappa shape index (κ3) is 4.28. The Morgan fingerprint density at radius 1 is 1.26 bits per heavy atom. The van der Waals surface area contributed by atoms with Gasteiger partial charge in [-0.2, -0.15) is 5.10 Å². The molecule has 0 saturated carbocycles. The number of pyridine rings is 1. The molecule has 1 aliphatic rings. The van der Waals surface area contributed by atoms with Gasteiger partial charge in [0.1, 0.15) is 11.4 Å². The van der Waals surface area contributed by atoms with Gasteiger partial charge in [-0.15, -0.1) is 0 Å². The number of aliphatic hydroxyl groups is 1. The summed E-state index contributed by atoms with van der Waals surface area (Å²) in [6, 6.07) is 7.00. The first-order valence-electron chi connectivity index (χ1n) is 11.1. The lowest BCUT2D eigenvalue weighted by molar-refractivity contribution is -0.146. The minimum atomic E-state index is -3.56. The van der Waals surface area contributed by atoms with Gasteiger partial charge in [0.15, 0.2) is 14.9 Å². The molecule has 1 N–H and O–H groups in total. The number of likely N-dealkylation sites (tertiary alicyclic amines) is 1. The Balaban J connectivity index is 1.60. The number of carbonyl (C=O) groups excluding carboxylic acids is 1. The van der Waals surface area contributed by atoms with E-state index in [0.717, 1.165) is 11.8 Å². The second kappa shape index (κ2) is 8.28. The molecule has 4 heterocycles. The first-order valence-corrected chi connectivity index (χ1v) is 13.4. The Morgan fingerprint density at radius 2 is 2.03 bits per heavy atom. The van der Waals surface area contributed by atoms with Crippen LogP contribution in [0.4, 0.5) is 0 Å². The summed E-state index contributed by atoms with van der Waals surface area (Å²) in [5.74, 6) is 0.328. The van der Waals surface area contributed by atoms with E-state index in [0.29, 0.717) is 46.8 Å². The molecule has 0 spiro atoms. The van der Waals surface area contributed by atoms with Crippen molar-refractivity contribution in [2.75, 3.05) is 19.3 Å². The fourth-order valence-electron chi connectivity index (χ4n) is 4.68. The number of benzene rings is 1. The molecular weight excluding hydrogens is 492 g/mol. The van der Waals surface area contributed by atoms with Crippen molar-refractivity contribution < 1.29 is 18.3 Å². The van der Waals surface area contributed by atoms with Gasteiger partial charge in [-0.05, 0) is 44.5 Å². The van der Waals surface area contributed by atoms with E-state index in [2.05, 4.69) is 14.6 Å². The molecule has 184 valence electrons. The molecule has 1 amide bonds. The summed E-state index contributed by atoms with van der Waals surface area (Å²) in [5, 5.41) is 15.6. The van der Waals surface area contributed by atoms with Gasteiger partial charge in [0.2, 0.25) is 0 Å². The first kappa shape index (κ1) is 23.7. The molecule has 1 aromatic carbocycles. The second-order valence-electron chi connectivity index (χ2n) is 9.41. The van der Waals surface area contributed by atoms with Crippen molar-refractivity contribution in [3.8, 4) is 0 Å². The Morgan fingerprint density at radius 3 is 2.74 bits per heavy atom. The molecule has 0 radical (unpaired) electrons. The largest absolute Gasteiger partial charge is 0.381 e. The van der Waals surface area contributed by atoms with Crippen LogP contribution in [-0.2, 0) is 21.2 Å². The molecule has 10 nitrogen and oxygen atoms in total. The Kier molecular flexibility index (Phi) is 5.61. The summed E-state index contributed by atoms with van der Waals surface area (Å²) in [7, 11) is -3.56. The smallest absolute Gasteiger partial charge is 0.254 e. The number of sulfone groups is 1. The molecule has 1 atom stereocenters. The number of imidazole rings is 1. The SMILES string of the molecule is CC(C)(O)C(=O)N1CCC(n2c(Cn3nc(S(C)(=O)=O)c4ccncc43)nc3cc(Cl)ccc32)C1. The van der Waals surface area contributed by atoms with Gasteiger partial charge in [-0.3, -0.25) is 14.5 Å². The summed E-state index contributed by atoms with van der Waals surface area (Å²) in [4.78, 5) is 23.3. The number of halogens is 1. The highest BCUT2D eigenvalue weighted by atomic mass is 35.5. The average molecular weight is 517 g/mol. The molecule has 1 unspecified atom stereocenters. The van der Waals surface area contributed by atoms with Gasteiger partial charge in [-0.1, -0.05) is 11.6 Å². The van der Waals surface area contributed by atoms with Crippen molar-refractivity contribution in [2.45, 2.75) is 43.5 Å². The summed E-state index contributed by atoms with van der Waals surface area (Å²) >= 11 is 6.22. The standard InChI is InChI=1S/C23H25ClN6O4S/c1-23(2,32)22(31)28-9-7-15(12-28)30-18-5-4-14(24)10-17(18)26-20(30)13-29-19-11-25-8-6-16(19)21(27-29)35(3,33)34/h4-6,8,10-11,15,32H,7,9,12-13H2,1-3H3. The molecule has 1 fully saturated rings. The Bertz CT molecular complexity index is 1570. The Hall–Kier alpha value is -3.02. The van der Waals surface area contributed by atoms with Gasteiger partial charge in [0.25, 0.3) is 5.91 Å². The van der Waals surface area contributed by atoms with E-state index in [4.69, 9.17) is 16.6 Å². The van der Waals surface area contributed by atoms with Crippen molar-refractivity contribution in [3.05, 3.63) is 47.5 Å². The fraction of sp³-hybridized carbons (Fsp3) is 0.391. The maximum atomic E-state index is 12.7. The van der Waals surface area contributed by atoms with Crippen LogP contribution in [0.3, 0.4) is 0 Å². The average Bonchev–Trinajstić information content (AvgIpc) is 3.47. The van der Waals surface area contributed by atoms with Crippen LogP contribution in [0.25, 0.3) is 21.9 Å². The van der Waals surface area contributed by atoms with Crippen molar-refractivity contribution in [1.82, 2.24) is 29.2 Å². The predicted octanol–water partition coefficient (Wildman–Crippen LogP) is 2.43. The van der Waals surface area contributed by atoms with Gasteiger partial charge < -0.3 is 14.6 Å². The van der Waals surface area contributed by atoms with Crippen molar-refractivity contribution in [1.29, 1.82) is 0 Å². The zero-order valence-corrected chi connectivity index (χ0v) is 21.1. The summed E-state index contributed by atoms with van der Waals surface area (Å²) in [5.41, 5.74) is 0.669. The van der Waals surface area contributed by atoms with E-state index in [1.807, 2.05) is 6.07 Å². The lowest BCUT2D eigenvalue weighted by Crippen LogP contribution is -2.44. The fourth-order valence-corrected chi connectivity index (χ4v) is 5.67.